The van der Waals surface area contributed by atoms with Gasteiger partial charge in [-0.3, -0.25) is 0 Å². The van der Waals surface area contributed by atoms with Crippen molar-refractivity contribution in [2.75, 3.05) is 6.61 Å². The molecule has 0 amide bonds. The number of aliphatic hydroxyl groups is 1. The molecule has 94 valence electrons. The van der Waals surface area contributed by atoms with Crippen molar-refractivity contribution in [3.8, 4) is 0 Å². The molecule has 0 aliphatic heterocycles. The standard InChI is InChI=1S/C16H24O/c17-11-5-10-15-8-4-9-16(13-15)12-14-6-2-1-3-7-14/h1-3,6-7,15-17H,4-5,8-13H2. The van der Waals surface area contributed by atoms with Gasteiger partial charge in [0, 0.05) is 6.61 Å². The molecule has 1 heteroatoms. The highest BCUT2D eigenvalue weighted by molar-refractivity contribution is 5.15. The first kappa shape index (κ1) is 12.6. The zero-order valence-electron chi connectivity index (χ0n) is 10.6. The fraction of sp³-hybridized carbons (Fsp3) is 0.625. The third-order valence-corrected chi connectivity index (χ3v) is 4.03. The molecule has 0 bridgehead atoms. The fourth-order valence-corrected chi connectivity index (χ4v) is 3.18. The lowest BCUT2D eigenvalue weighted by molar-refractivity contribution is 0.222. The fourth-order valence-electron chi connectivity index (χ4n) is 3.18. The minimum absolute atomic E-state index is 0.361. The van der Waals surface area contributed by atoms with Crippen LogP contribution in [0.25, 0.3) is 0 Å². The molecule has 1 aromatic rings. The number of aliphatic hydroxyl groups excluding tert-OH is 1. The van der Waals surface area contributed by atoms with Gasteiger partial charge in [-0.1, -0.05) is 49.6 Å². The highest BCUT2D eigenvalue weighted by Gasteiger charge is 2.21. The van der Waals surface area contributed by atoms with Crippen LogP contribution < -0.4 is 0 Å². The zero-order valence-corrected chi connectivity index (χ0v) is 10.6. The second-order valence-electron chi connectivity index (χ2n) is 5.45. The molecule has 1 nitrogen and oxygen atoms in total. The van der Waals surface area contributed by atoms with Gasteiger partial charge in [0.2, 0.25) is 0 Å². The van der Waals surface area contributed by atoms with Crippen molar-refractivity contribution in [3.05, 3.63) is 35.9 Å². The summed E-state index contributed by atoms with van der Waals surface area (Å²) in [4.78, 5) is 0. The first-order valence-corrected chi connectivity index (χ1v) is 7.03. The van der Waals surface area contributed by atoms with Gasteiger partial charge in [-0.25, -0.2) is 0 Å². The van der Waals surface area contributed by atoms with Crippen molar-refractivity contribution in [1.29, 1.82) is 0 Å². The lowest BCUT2D eigenvalue weighted by atomic mass is 9.77. The SMILES string of the molecule is OCCCC1CCCC(Cc2ccccc2)C1. The molecule has 1 aromatic carbocycles. The molecule has 2 unspecified atom stereocenters. The van der Waals surface area contributed by atoms with Crippen LogP contribution in [0.15, 0.2) is 30.3 Å². The molecule has 0 radical (unpaired) electrons. The molecular weight excluding hydrogens is 208 g/mol. The summed E-state index contributed by atoms with van der Waals surface area (Å²) in [5, 5.41) is 8.90. The van der Waals surface area contributed by atoms with Gasteiger partial charge in [0.1, 0.15) is 0 Å². The van der Waals surface area contributed by atoms with Crippen molar-refractivity contribution < 1.29 is 5.11 Å². The van der Waals surface area contributed by atoms with E-state index in [1.165, 1.54) is 44.1 Å². The summed E-state index contributed by atoms with van der Waals surface area (Å²) in [6, 6.07) is 10.9. The lowest BCUT2D eigenvalue weighted by Crippen LogP contribution is -2.17. The van der Waals surface area contributed by atoms with E-state index in [9.17, 15) is 0 Å². The Kier molecular flexibility index (Phi) is 5.06. The summed E-state index contributed by atoms with van der Waals surface area (Å²) in [6.07, 6.45) is 8.99. The van der Waals surface area contributed by atoms with E-state index in [0.29, 0.717) is 6.61 Å². The first-order valence-electron chi connectivity index (χ1n) is 7.03. The third kappa shape index (κ3) is 4.16. The molecule has 1 aliphatic rings. The van der Waals surface area contributed by atoms with E-state index in [0.717, 1.165) is 18.3 Å². The molecule has 1 saturated carbocycles. The van der Waals surface area contributed by atoms with E-state index in [1.807, 2.05) is 0 Å². The van der Waals surface area contributed by atoms with Crippen LogP contribution in [0.2, 0.25) is 0 Å². The Morgan fingerprint density at radius 3 is 2.59 bits per heavy atom. The van der Waals surface area contributed by atoms with Crippen molar-refractivity contribution in [1.82, 2.24) is 0 Å². The minimum Gasteiger partial charge on any atom is -0.396 e. The highest BCUT2D eigenvalue weighted by Crippen LogP contribution is 2.33. The largest absolute Gasteiger partial charge is 0.396 e. The Morgan fingerprint density at radius 1 is 1.06 bits per heavy atom. The van der Waals surface area contributed by atoms with Gasteiger partial charge in [0.05, 0.1) is 0 Å². The molecule has 0 aromatic heterocycles. The highest BCUT2D eigenvalue weighted by atomic mass is 16.2. The maximum atomic E-state index is 8.90. The molecule has 1 N–H and O–H groups in total. The molecular formula is C16H24O. The first-order chi connectivity index (χ1) is 8.38. The van der Waals surface area contributed by atoms with Crippen LogP contribution in [0, 0.1) is 11.8 Å². The number of benzene rings is 1. The molecule has 2 atom stereocenters. The Bertz CT molecular complexity index is 307. The average molecular weight is 232 g/mol. The van der Waals surface area contributed by atoms with Crippen molar-refractivity contribution in [3.63, 3.8) is 0 Å². The number of hydrogen-bond acceptors (Lipinski definition) is 1. The number of hydrogen-bond donors (Lipinski definition) is 1. The van der Waals surface area contributed by atoms with Gasteiger partial charge in [0.25, 0.3) is 0 Å². The van der Waals surface area contributed by atoms with Crippen LogP contribution >= 0.6 is 0 Å². The summed E-state index contributed by atoms with van der Waals surface area (Å²) >= 11 is 0. The Morgan fingerprint density at radius 2 is 1.82 bits per heavy atom. The van der Waals surface area contributed by atoms with Gasteiger partial charge in [-0.05, 0) is 43.1 Å². The maximum Gasteiger partial charge on any atom is 0.0431 e. The molecule has 17 heavy (non-hydrogen) atoms. The van der Waals surface area contributed by atoms with E-state index in [1.54, 1.807) is 0 Å². The molecule has 2 rings (SSSR count). The van der Waals surface area contributed by atoms with Gasteiger partial charge in [-0.15, -0.1) is 0 Å². The van der Waals surface area contributed by atoms with E-state index in [2.05, 4.69) is 30.3 Å². The quantitative estimate of drug-likeness (QED) is 0.818. The average Bonchev–Trinajstić information content (AvgIpc) is 2.38. The summed E-state index contributed by atoms with van der Waals surface area (Å²) in [5.74, 6) is 1.74. The van der Waals surface area contributed by atoms with Crippen LogP contribution in [0.5, 0.6) is 0 Å². The van der Waals surface area contributed by atoms with Gasteiger partial charge in [0.15, 0.2) is 0 Å². The van der Waals surface area contributed by atoms with E-state index in [-0.39, 0.29) is 0 Å². The summed E-state index contributed by atoms with van der Waals surface area (Å²) in [6.45, 7) is 0.361. The summed E-state index contributed by atoms with van der Waals surface area (Å²) in [7, 11) is 0. The van der Waals surface area contributed by atoms with E-state index in [4.69, 9.17) is 5.11 Å². The Hall–Kier alpha value is -0.820. The maximum absolute atomic E-state index is 8.90. The predicted octanol–water partition coefficient (Wildman–Crippen LogP) is 3.81. The van der Waals surface area contributed by atoms with Crippen LogP contribution in [0.1, 0.15) is 44.1 Å². The van der Waals surface area contributed by atoms with Crippen LogP contribution in [0.4, 0.5) is 0 Å². The van der Waals surface area contributed by atoms with E-state index < -0.39 is 0 Å². The van der Waals surface area contributed by atoms with Crippen molar-refractivity contribution in [2.45, 2.75) is 44.9 Å². The van der Waals surface area contributed by atoms with Gasteiger partial charge < -0.3 is 5.11 Å². The topological polar surface area (TPSA) is 20.2 Å². The lowest BCUT2D eigenvalue weighted by Gasteiger charge is -2.29. The predicted molar refractivity (Wildman–Crippen MR) is 71.9 cm³/mol. The normalized spacial score (nSPS) is 24.8. The van der Waals surface area contributed by atoms with Crippen molar-refractivity contribution in [2.24, 2.45) is 11.8 Å². The molecule has 0 spiro atoms. The Labute approximate surface area is 105 Å². The molecule has 0 heterocycles. The second-order valence-corrected chi connectivity index (χ2v) is 5.45. The smallest absolute Gasteiger partial charge is 0.0431 e. The Balaban J connectivity index is 1.81. The third-order valence-electron chi connectivity index (χ3n) is 4.03. The molecule has 1 fully saturated rings. The van der Waals surface area contributed by atoms with E-state index >= 15 is 0 Å². The summed E-state index contributed by atoms with van der Waals surface area (Å²) < 4.78 is 0. The second kappa shape index (κ2) is 6.80. The number of rotatable bonds is 5. The van der Waals surface area contributed by atoms with Crippen LogP contribution in [0.3, 0.4) is 0 Å². The van der Waals surface area contributed by atoms with Gasteiger partial charge in [-0.2, -0.15) is 0 Å². The van der Waals surface area contributed by atoms with Gasteiger partial charge >= 0.3 is 0 Å². The molecule has 0 saturated heterocycles. The molecule has 1 aliphatic carbocycles. The zero-order chi connectivity index (χ0) is 11.9. The van der Waals surface area contributed by atoms with Crippen LogP contribution in [-0.4, -0.2) is 11.7 Å². The summed E-state index contributed by atoms with van der Waals surface area (Å²) in [5.41, 5.74) is 1.49. The minimum atomic E-state index is 0.361. The van der Waals surface area contributed by atoms with Crippen LogP contribution in [-0.2, 0) is 6.42 Å². The monoisotopic (exact) mass is 232 g/mol. The van der Waals surface area contributed by atoms with Crippen molar-refractivity contribution >= 4 is 0 Å².